The summed E-state index contributed by atoms with van der Waals surface area (Å²) in [5.41, 5.74) is 1.69. The number of carbonyl (C=O) groups is 2. The van der Waals surface area contributed by atoms with E-state index in [0.717, 1.165) is 17.8 Å². The molecule has 0 aliphatic carbocycles. The standard InChI is InChI=1S/C16H25N3O2/c1-5-17-12(2)10-15(20)18-14-8-6-13(7-9-14)11-16(21)19(3)4/h6-9,12,17H,5,10-11H2,1-4H3,(H,18,20). The van der Waals surface area contributed by atoms with Crippen LogP contribution in [-0.2, 0) is 16.0 Å². The Kier molecular flexibility index (Phi) is 6.88. The Morgan fingerprint density at radius 1 is 1.19 bits per heavy atom. The van der Waals surface area contributed by atoms with Gasteiger partial charge in [-0.15, -0.1) is 0 Å². The highest BCUT2D eigenvalue weighted by Crippen LogP contribution is 2.11. The van der Waals surface area contributed by atoms with Crippen LogP contribution in [0.2, 0.25) is 0 Å². The molecule has 0 saturated heterocycles. The first-order valence-electron chi connectivity index (χ1n) is 7.24. The predicted octanol–water partition coefficient (Wildman–Crippen LogP) is 1.64. The Morgan fingerprint density at radius 3 is 2.33 bits per heavy atom. The topological polar surface area (TPSA) is 61.4 Å². The molecule has 2 amide bonds. The number of hydrogen-bond donors (Lipinski definition) is 2. The first-order chi connectivity index (χ1) is 9.92. The van der Waals surface area contributed by atoms with Crippen molar-refractivity contribution >= 4 is 17.5 Å². The van der Waals surface area contributed by atoms with Gasteiger partial charge in [-0.05, 0) is 31.2 Å². The fraction of sp³-hybridized carbons (Fsp3) is 0.500. The second kappa shape index (κ2) is 8.42. The molecule has 0 spiro atoms. The van der Waals surface area contributed by atoms with E-state index < -0.39 is 0 Å². The molecule has 5 nitrogen and oxygen atoms in total. The summed E-state index contributed by atoms with van der Waals surface area (Å²) in [7, 11) is 3.48. The molecule has 1 unspecified atom stereocenters. The number of hydrogen-bond acceptors (Lipinski definition) is 3. The van der Waals surface area contributed by atoms with Crippen LogP contribution in [-0.4, -0.2) is 43.4 Å². The van der Waals surface area contributed by atoms with Crippen molar-refractivity contribution in [3.05, 3.63) is 29.8 Å². The molecule has 116 valence electrons. The van der Waals surface area contributed by atoms with Crippen molar-refractivity contribution < 1.29 is 9.59 Å². The molecular weight excluding hydrogens is 266 g/mol. The molecule has 0 aliphatic rings. The van der Waals surface area contributed by atoms with Crippen molar-refractivity contribution in [2.24, 2.45) is 0 Å². The lowest BCUT2D eigenvalue weighted by molar-refractivity contribution is -0.128. The highest BCUT2D eigenvalue weighted by atomic mass is 16.2. The van der Waals surface area contributed by atoms with Gasteiger partial charge in [-0.3, -0.25) is 9.59 Å². The summed E-state index contributed by atoms with van der Waals surface area (Å²) in [4.78, 5) is 25.0. The summed E-state index contributed by atoms with van der Waals surface area (Å²) in [6, 6.07) is 7.55. The fourth-order valence-corrected chi connectivity index (χ4v) is 1.95. The normalized spacial score (nSPS) is 11.8. The summed E-state index contributed by atoms with van der Waals surface area (Å²) in [6.45, 7) is 4.85. The van der Waals surface area contributed by atoms with Crippen molar-refractivity contribution in [2.75, 3.05) is 26.0 Å². The molecule has 0 radical (unpaired) electrons. The molecule has 0 saturated carbocycles. The lowest BCUT2D eigenvalue weighted by Crippen LogP contribution is -2.30. The number of nitrogens with zero attached hydrogens (tertiary/aromatic N) is 1. The molecule has 5 heteroatoms. The van der Waals surface area contributed by atoms with E-state index in [2.05, 4.69) is 10.6 Å². The third-order valence-corrected chi connectivity index (χ3v) is 3.14. The van der Waals surface area contributed by atoms with Gasteiger partial charge >= 0.3 is 0 Å². The van der Waals surface area contributed by atoms with E-state index in [1.807, 2.05) is 38.1 Å². The van der Waals surface area contributed by atoms with Crippen molar-refractivity contribution in [3.8, 4) is 0 Å². The van der Waals surface area contributed by atoms with Crippen LogP contribution in [0.5, 0.6) is 0 Å². The van der Waals surface area contributed by atoms with Crippen molar-refractivity contribution in [2.45, 2.75) is 32.7 Å². The van der Waals surface area contributed by atoms with Gasteiger partial charge in [-0.2, -0.15) is 0 Å². The lowest BCUT2D eigenvalue weighted by atomic mass is 10.1. The number of rotatable bonds is 7. The summed E-state index contributed by atoms with van der Waals surface area (Å²) >= 11 is 0. The van der Waals surface area contributed by atoms with E-state index in [0.29, 0.717) is 12.8 Å². The van der Waals surface area contributed by atoms with Gasteiger partial charge in [0.25, 0.3) is 0 Å². The highest BCUT2D eigenvalue weighted by molar-refractivity contribution is 5.91. The number of nitrogens with one attached hydrogen (secondary N) is 2. The molecule has 1 aromatic rings. The predicted molar refractivity (Wildman–Crippen MR) is 85.2 cm³/mol. The monoisotopic (exact) mass is 291 g/mol. The minimum absolute atomic E-state index is 0.0134. The van der Waals surface area contributed by atoms with Crippen LogP contribution in [0.4, 0.5) is 5.69 Å². The lowest BCUT2D eigenvalue weighted by Gasteiger charge is -2.13. The van der Waals surface area contributed by atoms with Crippen LogP contribution in [0, 0.1) is 0 Å². The zero-order valence-electron chi connectivity index (χ0n) is 13.3. The largest absolute Gasteiger partial charge is 0.349 e. The van der Waals surface area contributed by atoms with E-state index in [1.54, 1.807) is 19.0 Å². The van der Waals surface area contributed by atoms with Crippen molar-refractivity contribution in [1.82, 2.24) is 10.2 Å². The molecule has 1 aromatic carbocycles. The van der Waals surface area contributed by atoms with Crippen LogP contribution in [0.3, 0.4) is 0 Å². The molecule has 1 rings (SSSR count). The van der Waals surface area contributed by atoms with Gasteiger partial charge in [0.05, 0.1) is 6.42 Å². The van der Waals surface area contributed by atoms with E-state index in [4.69, 9.17) is 0 Å². The maximum absolute atomic E-state index is 11.8. The third-order valence-electron chi connectivity index (χ3n) is 3.14. The molecule has 1 atom stereocenters. The highest BCUT2D eigenvalue weighted by Gasteiger charge is 2.09. The average Bonchev–Trinajstić information content (AvgIpc) is 2.40. The Bertz CT molecular complexity index is 469. The van der Waals surface area contributed by atoms with E-state index in [9.17, 15) is 9.59 Å². The van der Waals surface area contributed by atoms with Crippen molar-refractivity contribution in [3.63, 3.8) is 0 Å². The van der Waals surface area contributed by atoms with Crippen LogP contribution in [0.1, 0.15) is 25.8 Å². The summed E-state index contributed by atoms with van der Waals surface area (Å²) < 4.78 is 0. The van der Waals surface area contributed by atoms with Gasteiger partial charge < -0.3 is 15.5 Å². The number of carbonyl (C=O) groups excluding carboxylic acids is 2. The summed E-state index contributed by atoms with van der Waals surface area (Å²) in [6.07, 6.45) is 0.813. The quantitative estimate of drug-likeness (QED) is 0.803. The molecule has 21 heavy (non-hydrogen) atoms. The SMILES string of the molecule is CCNC(C)CC(=O)Nc1ccc(CC(=O)N(C)C)cc1. The molecule has 0 aliphatic heterocycles. The molecule has 0 fully saturated rings. The Balaban J connectivity index is 2.51. The number of amides is 2. The van der Waals surface area contributed by atoms with Gasteiger partial charge in [0, 0.05) is 32.2 Å². The Labute approximate surface area is 126 Å². The zero-order valence-corrected chi connectivity index (χ0v) is 13.3. The number of anilines is 1. The molecule has 0 bridgehead atoms. The van der Waals surface area contributed by atoms with Crippen LogP contribution < -0.4 is 10.6 Å². The average molecular weight is 291 g/mol. The minimum atomic E-state index is -0.0134. The van der Waals surface area contributed by atoms with Gasteiger partial charge in [0.15, 0.2) is 0 Å². The van der Waals surface area contributed by atoms with Gasteiger partial charge in [0.1, 0.15) is 0 Å². The zero-order chi connectivity index (χ0) is 15.8. The van der Waals surface area contributed by atoms with E-state index in [-0.39, 0.29) is 17.9 Å². The second-order valence-electron chi connectivity index (χ2n) is 5.37. The third kappa shape index (κ3) is 6.40. The first kappa shape index (κ1) is 17.2. The maximum atomic E-state index is 11.8. The summed E-state index contributed by atoms with van der Waals surface area (Å²) in [5, 5.41) is 6.06. The molecular formula is C16H25N3O2. The molecule has 0 heterocycles. The second-order valence-corrected chi connectivity index (χ2v) is 5.37. The van der Waals surface area contributed by atoms with Crippen LogP contribution >= 0.6 is 0 Å². The smallest absolute Gasteiger partial charge is 0.226 e. The Morgan fingerprint density at radius 2 is 1.81 bits per heavy atom. The molecule has 2 N–H and O–H groups in total. The van der Waals surface area contributed by atoms with Gasteiger partial charge in [-0.1, -0.05) is 19.1 Å². The fourth-order valence-electron chi connectivity index (χ4n) is 1.95. The van der Waals surface area contributed by atoms with Gasteiger partial charge in [-0.25, -0.2) is 0 Å². The van der Waals surface area contributed by atoms with E-state index >= 15 is 0 Å². The van der Waals surface area contributed by atoms with Crippen LogP contribution in [0.25, 0.3) is 0 Å². The summed E-state index contributed by atoms with van der Waals surface area (Å²) in [5.74, 6) is 0.0480. The maximum Gasteiger partial charge on any atom is 0.226 e. The van der Waals surface area contributed by atoms with Crippen LogP contribution in [0.15, 0.2) is 24.3 Å². The van der Waals surface area contributed by atoms with Crippen molar-refractivity contribution in [1.29, 1.82) is 0 Å². The van der Waals surface area contributed by atoms with E-state index in [1.165, 1.54) is 0 Å². The first-order valence-corrected chi connectivity index (χ1v) is 7.24. The minimum Gasteiger partial charge on any atom is -0.349 e. The Hall–Kier alpha value is -1.88. The number of benzene rings is 1. The number of likely N-dealkylation sites (N-methyl/N-ethyl adjacent to an activating group) is 1. The van der Waals surface area contributed by atoms with Gasteiger partial charge in [0.2, 0.25) is 11.8 Å². The molecule has 0 aromatic heterocycles.